The lowest BCUT2D eigenvalue weighted by molar-refractivity contribution is 0.368. The first kappa shape index (κ1) is 17.6. The van der Waals surface area contributed by atoms with Gasteiger partial charge < -0.3 is 19.6 Å². The maximum absolute atomic E-state index is 11.2. The number of rotatable bonds is 4. The van der Waals surface area contributed by atoms with Crippen molar-refractivity contribution in [1.82, 2.24) is 0 Å². The van der Waals surface area contributed by atoms with Gasteiger partial charge in [-0.2, -0.15) is 0 Å². The second-order valence-corrected chi connectivity index (χ2v) is 8.39. The number of hydrogen-bond acceptors (Lipinski definition) is 2. The van der Waals surface area contributed by atoms with Crippen LogP contribution in [0.4, 0.5) is 0 Å². The van der Waals surface area contributed by atoms with Crippen LogP contribution in [-0.4, -0.2) is 19.6 Å². The molecular formula is C12H20O6P2. The van der Waals surface area contributed by atoms with Crippen molar-refractivity contribution in [3.05, 3.63) is 33.4 Å². The minimum Gasteiger partial charge on any atom is -0.324 e. The quantitative estimate of drug-likeness (QED) is 0.632. The minimum absolute atomic E-state index is 0.359. The Balaban J connectivity index is 3.49. The Morgan fingerprint density at radius 1 is 0.650 bits per heavy atom. The van der Waals surface area contributed by atoms with Crippen LogP contribution in [0.25, 0.3) is 0 Å². The molecule has 0 aliphatic heterocycles. The Morgan fingerprint density at radius 3 is 1.00 bits per heavy atom. The van der Waals surface area contributed by atoms with Gasteiger partial charge >= 0.3 is 15.2 Å². The van der Waals surface area contributed by atoms with Gasteiger partial charge in [-0.3, -0.25) is 9.13 Å². The summed E-state index contributed by atoms with van der Waals surface area (Å²) < 4.78 is 22.4. The van der Waals surface area contributed by atoms with E-state index in [0.717, 1.165) is 0 Å². The van der Waals surface area contributed by atoms with E-state index in [9.17, 15) is 9.13 Å². The molecule has 0 fully saturated rings. The molecule has 0 aliphatic carbocycles. The Kier molecular flexibility index (Phi) is 5.03. The second kappa shape index (κ2) is 5.72. The van der Waals surface area contributed by atoms with Gasteiger partial charge in [-0.15, -0.1) is 0 Å². The third-order valence-electron chi connectivity index (χ3n) is 3.66. The highest BCUT2D eigenvalue weighted by Gasteiger charge is 2.24. The molecule has 0 saturated carbocycles. The molecule has 0 bridgehead atoms. The molecule has 4 N–H and O–H groups in total. The Morgan fingerprint density at radius 2 is 0.850 bits per heavy atom. The molecule has 6 nitrogen and oxygen atoms in total. The Bertz CT molecular complexity index is 541. The van der Waals surface area contributed by atoms with Crippen LogP contribution in [0.15, 0.2) is 0 Å². The summed E-state index contributed by atoms with van der Waals surface area (Å²) in [6.07, 6.45) is -0.717. The zero-order chi connectivity index (χ0) is 15.9. The summed E-state index contributed by atoms with van der Waals surface area (Å²) in [5.74, 6) is 0. The summed E-state index contributed by atoms with van der Waals surface area (Å²) in [5.41, 5.74) is 3.84. The summed E-state index contributed by atoms with van der Waals surface area (Å²) in [7, 11) is -8.38. The lowest BCUT2D eigenvalue weighted by atomic mass is 9.90. The molecule has 1 aromatic carbocycles. The zero-order valence-electron chi connectivity index (χ0n) is 11.9. The van der Waals surface area contributed by atoms with E-state index in [1.807, 2.05) is 0 Å². The van der Waals surface area contributed by atoms with Gasteiger partial charge in [-0.1, -0.05) is 0 Å². The molecular weight excluding hydrogens is 302 g/mol. The van der Waals surface area contributed by atoms with E-state index in [-0.39, 0.29) is 12.3 Å². The highest BCUT2D eigenvalue weighted by molar-refractivity contribution is 7.51. The van der Waals surface area contributed by atoms with Crippen molar-refractivity contribution in [2.75, 3.05) is 0 Å². The van der Waals surface area contributed by atoms with Gasteiger partial charge in [0.05, 0.1) is 12.3 Å². The van der Waals surface area contributed by atoms with Crippen molar-refractivity contribution in [1.29, 1.82) is 0 Å². The van der Waals surface area contributed by atoms with Crippen molar-refractivity contribution < 1.29 is 28.7 Å². The van der Waals surface area contributed by atoms with Crippen molar-refractivity contribution in [3.8, 4) is 0 Å². The average Bonchev–Trinajstić information content (AvgIpc) is 2.25. The molecule has 0 aliphatic rings. The molecule has 1 aromatic rings. The van der Waals surface area contributed by atoms with Gasteiger partial charge in [0.25, 0.3) is 0 Å². The van der Waals surface area contributed by atoms with Crippen molar-refractivity contribution in [2.24, 2.45) is 0 Å². The van der Waals surface area contributed by atoms with Gasteiger partial charge in [0.2, 0.25) is 0 Å². The van der Waals surface area contributed by atoms with E-state index in [2.05, 4.69) is 0 Å². The van der Waals surface area contributed by atoms with Gasteiger partial charge in [0.1, 0.15) is 0 Å². The van der Waals surface area contributed by atoms with Crippen molar-refractivity contribution >= 4 is 15.2 Å². The van der Waals surface area contributed by atoms with E-state index in [1.165, 1.54) is 0 Å². The van der Waals surface area contributed by atoms with Gasteiger partial charge in [-0.25, -0.2) is 0 Å². The van der Waals surface area contributed by atoms with Crippen LogP contribution in [0.2, 0.25) is 0 Å². The summed E-state index contributed by atoms with van der Waals surface area (Å²) in [5, 5.41) is 0. The molecule has 0 saturated heterocycles. The third-order valence-corrected chi connectivity index (χ3v) is 5.12. The molecule has 0 heterocycles. The zero-order valence-corrected chi connectivity index (χ0v) is 13.7. The maximum Gasteiger partial charge on any atom is 0.329 e. The van der Waals surface area contributed by atoms with Crippen LogP contribution in [0.3, 0.4) is 0 Å². The molecule has 0 atom stereocenters. The fourth-order valence-electron chi connectivity index (χ4n) is 2.35. The summed E-state index contributed by atoms with van der Waals surface area (Å²) in [4.78, 5) is 36.6. The van der Waals surface area contributed by atoms with Crippen LogP contribution < -0.4 is 0 Å². The number of benzene rings is 1. The summed E-state index contributed by atoms with van der Waals surface area (Å²) >= 11 is 0. The van der Waals surface area contributed by atoms with Crippen LogP contribution in [0.5, 0.6) is 0 Å². The highest BCUT2D eigenvalue weighted by atomic mass is 31.2. The Labute approximate surface area is 118 Å². The first-order valence-corrected chi connectivity index (χ1v) is 9.60. The molecule has 1 rings (SSSR count). The average molecular weight is 322 g/mol. The fourth-order valence-corrected chi connectivity index (χ4v) is 4.13. The standard InChI is InChI=1S/C12H20O6P2/c1-7-8(2)12(6-20(16,17)18)10(4)9(3)11(7)5-19(13,14)15/h5-6H2,1-4H3,(H2,13,14,15)(H2,16,17,18). The van der Waals surface area contributed by atoms with Gasteiger partial charge in [0.15, 0.2) is 0 Å². The predicted molar refractivity (Wildman–Crippen MR) is 76.9 cm³/mol. The minimum atomic E-state index is -4.19. The Hall–Kier alpha value is -0.480. The van der Waals surface area contributed by atoms with E-state index in [4.69, 9.17) is 19.6 Å². The van der Waals surface area contributed by atoms with Gasteiger partial charge in [-0.05, 0) is 61.1 Å². The molecule has 0 radical (unpaired) electrons. The molecule has 114 valence electrons. The maximum atomic E-state index is 11.2. The van der Waals surface area contributed by atoms with E-state index >= 15 is 0 Å². The predicted octanol–water partition coefficient (Wildman–Crippen LogP) is 2.28. The SMILES string of the molecule is Cc1c(C)c(CP(=O)(O)O)c(C)c(C)c1CP(=O)(O)O. The lowest BCUT2D eigenvalue weighted by Crippen LogP contribution is -2.06. The summed E-state index contributed by atoms with van der Waals surface area (Å²) in [6.45, 7) is 6.87. The van der Waals surface area contributed by atoms with Crippen molar-refractivity contribution in [2.45, 2.75) is 40.0 Å². The van der Waals surface area contributed by atoms with Gasteiger partial charge in [0, 0.05) is 0 Å². The first-order chi connectivity index (χ1) is 8.83. The smallest absolute Gasteiger partial charge is 0.324 e. The van der Waals surface area contributed by atoms with E-state index in [1.54, 1.807) is 27.7 Å². The largest absolute Gasteiger partial charge is 0.329 e. The first-order valence-electron chi connectivity index (χ1n) is 6.00. The monoisotopic (exact) mass is 322 g/mol. The van der Waals surface area contributed by atoms with Crippen LogP contribution in [0, 0.1) is 27.7 Å². The molecule has 0 aromatic heterocycles. The van der Waals surface area contributed by atoms with Crippen LogP contribution in [0.1, 0.15) is 33.4 Å². The summed E-state index contributed by atoms with van der Waals surface area (Å²) in [6, 6.07) is 0. The molecule has 20 heavy (non-hydrogen) atoms. The third kappa shape index (κ3) is 4.26. The number of hydrogen-bond donors (Lipinski definition) is 4. The normalized spacial score (nSPS) is 12.8. The van der Waals surface area contributed by atoms with Crippen LogP contribution in [-0.2, 0) is 21.5 Å². The highest BCUT2D eigenvalue weighted by Crippen LogP contribution is 2.45. The fraction of sp³-hybridized carbons (Fsp3) is 0.500. The lowest BCUT2D eigenvalue weighted by Gasteiger charge is -2.21. The van der Waals surface area contributed by atoms with E-state index < -0.39 is 15.2 Å². The van der Waals surface area contributed by atoms with Crippen LogP contribution >= 0.6 is 15.2 Å². The molecule has 8 heteroatoms. The molecule has 0 unspecified atom stereocenters. The van der Waals surface area contributed by atoms with Crippen molar-refractivity contribution in [3.63, 3.8) is 0 Å². The van der Waals surface area contributed by atoms with E-state index in [0.29, 0.717) is 33.4 Å². The molecule has 0 amide bonds. The second-order valence-electron chi connectivity index (χ2n) is 5.10. The molecule has 0 spiro atoms. The topological polar surface area (TPSA) is 115 Å².